The first kappa shape index (κ1) is 8.57. The van der Waals surface area contributed by atoms with E-state index in [-0.39, 0.29) is 0 Å². The molecular formula is C11H15NO. The van der Waals surface area contributed by atoms with E-state index >= 15 is 0 Å². The Hall–Kier alpha value is -1.02. The van der Waals surface area contributed by atoms with E-state index in [1.54, 1.807) is 0 Å². The Morgan fingerprint density at radius 3 is 2.46 bits per heavy atom. The van der Waals surface area contributed by atoms with Crippen molar-refractivity contribution in [3.8, 4) is 0 Å². The maximum atomic E-state index is 5.66. The molecule has 0 aromatic heterocycles. The SMILES string of the molecule is Nc1ccc(COC2CCC2)cc1. The van der Waals surface area contributed by atoms with Gasteiger partial charge in [0.05, 0.1) is 12.7 Å². The van der Waals surface area contributed by atoms with Crippen LogP contribution in [0, 0.1) is 0 Å². The van der Waals surface area contributed by atoms with Crippen LogP contribution in [0.25, 0.3) is 0 Å². The molecule has 1 fully saturated rings. The molecule has 70 valence electrons. The third-order valence-corrected chi connectivity index (χ3v) is 2.52. The van der Waals surface area contributed by atoms with Crippen molar-refractivity contribution < 1.29 is 4.74 Å². The Morgan fingerprint density at radius 2 is 1.92 bits per heavy atom. The lowest BCUT2D eigenvalue weighted by Crippen LogP contribution is -2.21. The molecule has 0 saturated heterocycles. The van der Waals surface area contributed by atoms with Crippen LogP contribution in [0.3, 0.4) is 0 Å². The van der Waals surface area contributed by atoms with Crippen molar-refractivity contribution >= 4 is 5.69 Å². The Kier molecular flexibility index (Phi) is 2.50. The van der Waals surface area contributed by atoms with E-state index in [1.165, 1.54) is 24.8 Å². The van der Waals surface area contributed by atoms with Crippen LogP contribution in [-0.4, -0.2) is 6.10 Å². The van der Waals surface area contributed by atoms with E-state index in [4.69, 9.17) is 10.5 Å². The molecule has 0 bridgehead atoms. The lowest BCUT2D eigenvalue weighted by molar-refractivity contribution is -0.00865. The number of anilines is 1. The standard InChI is InChI=1S/C11H15NO/c12-10-6-4-9(5-7-10)8-13-11-2-1-3-11/h4-7,11H,1-3,8,12H2. The quantitative estimate of drug-likeness (QED) is 0.719. The first-order valence-corrected chi connectivity index (χ1v) is 4.80. The maximum absolute atomic E-state index is 5.66. The minimum atomic E-state index is 0.512. The van der Waals surface area contributed by atoms with Crippen molar-refractivity contribution in [1.82, 2.24) is 0 Å². The summed E-state index contributed by atoms with van der Waals surface area (Å²) in [5.74, 6) is 0. The zero-order chi connectivity index (χ0) is 9.10. The molecule has 1 saturated carbocycles. The minimum Gasteiger partial charge on any atom is -0.399 e. The second-order valence-electron chi connectivity index (χ2n) is 3.61. The average molecular weight is 177 g/mol. The summed E-state index contributed by atoms with van der Waals surface area (Å²) < 4.78 is 5.66. The van der Waals surface area contributed by atoms with Crippen LogP contribution in [0.15, 0.2) is 24.3 Å². The summed E-state index contributed by atoms with van der Waals surface area (Å²) in [6, 6.07) is 7.88. The summed E-state index contributed by atoms with van der Waals surface area (Å²) in [6.07, 6.45) is 4.30. The fraction of sp³-hybridized carbons (Fsp3) is 0.455. The molecule has 2 heteroatoms. The van der Waals surface area contributed by atoms with Gasteiger partial charge in [-0.3, -0.25) is 0 Å². The summed E-state index contributed by atoms with van der Waals surface area (Å²) in [5, 5.41) is 0. The summed E-state index contributed by atoms with van der Waals surface area (Å²) in [5.41, 5.74) is 7.60. The van der Waals surface area contributed by atoms with Crippen LogP contribution >= 0.6 is 0 Å². The molecule has 0 aliphatic heterocycles. The van der Waals surface area contributed by atoms with Crippen LogP contribution in [0.2, 0.25) is 0 Å². The average Bonchev–Trinajstić information content (AvgIpc) is 2.05. The topological polar surface area (TPSA) is 35.2 Å². The van der Waals surface area contributed by atoms with Crippen molar-refractivity contribution in [3.63, 3.8) is 0 Å². The molecule has 0 radical (unpaired) electrons. The molecular weight excluding hydrogens is 162 g/mol. The number of nitrogens with two attached hydrogens (primary N) is 1. The molecule has 1 aromatic rings. The van der Waals surface area contributed by atoms with Gasteiger partial charge in [0.25, 0.3) is 0 Å². The number of hydrogen-bond acceptors (Lipinski definition) is 2. The van der Waals surface area contributed by atoms with Gasteiger partial charge < -0.3 is 10.5 Å². The van der Waals surface area contributed by atoms with Gasteiger partial charge in [0.1, 0.15) is 0 Å². The highest BCUT2D eigenvalue weighted by Gasteiger charge is 2.17. The largest absolute Gasteiger partial charge is 0.399 e. The van der Waals surface area contributed by atoms with Gasteiger partial charge in [0, 0.05) is 5.69 Å². The normalized spacial score (nSPS) is 16.9. The number of nitrogen functional groups attached to an aromatic ring is 1. The van der Waals surface area contributed by atoms with Crippen molar-refractivity contribution in [2.24, 2.45) is 0 Å². The molecule has 0 spiro atoms. The maximum Gasteiger partial charge on any atom is 0.0720 e. The monoisotopic (exact) mass is 177 g/mol. The number of benzene rings is 1. The molecule has 0 unspecified atom stereocenters. The molecule has 0 atom stereocenters. The highest BCUT2D eigenvalue weighted by Crippen LogP contribution is 2.23. The molecule has 2 nitrogen and oxygen atoms in total. The van der Waals surface area contributed by atoms with Gasteiger partial charge in [-0.05, 0) is 37.0 Å². The predicted molar refractivity (Wildman–Crippen MR) is 53.3 cm³/mol. The second kappa shape index (κ2) is 3.79. The first-order chi connectivity index (χ1) is 6.34. The summed E-state index contributed by atoms with van der Waals surface area (Å²) >= 11 is 0. The van der Waals surface area contributed by atoms with Crippen LogP contribution in [0.1, 0.15) is 24.8 Å². The molecule has 2 rings (SSSR count). The molecule has 2 N–H and O–H groups in total. The van der Waals surface area contributed by atoms with Gasteiger partial charge in [0.15, 0.2) is 0 Å². The third kappa shape index (κ3) is 2.22. The van der Waals surface area contributed by atoms with Gasteiger partial charge in [-0.25, -0.2) is 0 Å². The van der Waals surface area contributed by atoms with E-state index in [0.717, 1.165) is 12.3 Å². The Labute approximate surface area is 78.7 Å². The van der Waals surface area contributed by atoms with E-state index in [0.29, 0.717) is 6.10 Å². The van der Waals surface area contributed by atoms with Crippen LogP contribution in [-0.2, 0) is 11.3 Å². The van der Waals surface area contributed by atoms with E-state index in [1.807, 2.05) is 24.3 Å². The summed E-state index contributed by atoms with van der Waals surface area (Å²) in [7, 11) is 0. The molecule has 0 amide bonds. The van der Waals surface area contributed by atoms with E-state index in [2.05, 4.69) is 0 Å². The van der Waals surface area contributed by atoms with Crippen molar-refractivity contribution in [1.29, 1.82) is 0 Å². The lowest BCUT2D eigenvalue weighted by atomic mass is 9.96. The van der Waals surface area contributed by atoms with Gasteiger partial charge in [-0.15, -0.1) is 0 Å². The fourth-order valence-electron chi connectivity index (χ4n) is 1.37. The summed E-state index contributed by atoms with van der Waals surface area (Å²) in [4.78, 5) is 0. The Balaban J connectivity index is 1.83. The van der Waals surface area contributed by atoms with Gasteiger partial charge in [-0.1, -0.05) is 12.1 Å². The summed E-state index contributed by atoms with van der Waals surface area (Å²) in [6.45, 7) is 0.727. The third-order valence-electron chi connectivity index (χ3n) is 2.52. The van der Waals surface area contributed by atoms with Crippen LogP contribution < -0.4 is 5.73 Å². The fourth-order valence-corrected chi connectivity index (χ4v) is 1.37. The highest BCUT2D eigenvalue weighted by molar-refractivity contribution is 5.39. The van der Waals surface area contributed by atoms with Gasteiger partial charge in [0.2, 0.25) is 0 Å². The zero-order valence-electron chi connectivity index (χ0n) is 7.70. The Bertz CT molecular complexity index is 264. The van der Waals surface area contributed by atoms with E-state index in [9.17, 15) is 0 Å². The van der Waals surface area contributed by atoms with Gasteiger partial charge >= 0.3 is 0 Å². The van der Waals surface area contributed by atoms with Crippen molar-refractivity contribution in [2.45, 2.75) is 32.0 Å². The van der Waals surface area contributed by atoms with Crippen LogP contribution in [0.5, 0.6) is 0 Å². The predicted octanol–water partition coefficient (Wildman–Crippen LogP) is 2.34. The number of rotatable bonds is 3. The molecule has 13 heavy (non-hydrogen) atoms. The van der Waals surface area contributed by atoms with Crippen LogP contribution in [0.4, 0.5) is 5.69 Å². The van der Waals surface area contributed by atoms with Crippen molar-refractivity contribution in [2.75, 3.05) is 5.73 Å². The highest BCUT2D eigenvalue weighted by atomic mass is 16.5. The van der Waals surface area contributed by atoms with Crippen molar-refractivity contribution in [3.05, 3.63) is 29.8 Å². The lowest BCUT2D eigenvalue weighted by Gasteiger charge is -2.25. The molecule has 0 heterocycles. The second-order valence-corrected chi connectivity index (χ2v) is 3.61. The molecule has 1 aliphatic carbocycles. The molecule has 1 aromatic carbocycles. The molecule has 1 aliphatic rings. The Morgan fingerprint density at radius 1 is 1.23 bits per heavy atom. The van der Waals surface area contributed by atoms with E-state index < -0.39 is 0 Å². The number of ether oxygens (including phenoxy) is 1. The zero-order valence-corrected chi connectivity index (χ0v) is 7.70. The number of hydrogen-bond donors (Lipinski definition) is 1. The smallest absolute Gasteiger partial charge is 0.0720 e. The van der Waals surface area contributed by atoms with Gasteiger partial charge in [-0.2, -0.15) is 0 Å². The minimum absolute atomic E-state index is 0.512. The first-order valence-electron chi connectivity index (χ1n) is 4.80.